The second-order valence-electron chi connectivity index (χ2n) is 4.92. The molecule has 0 spiro atoms. The van der Waals surface area contributed by atoms with E-state index in [1.54, 1.807) is 24.3 Å². The van der Waals surface area contributed by atoms with Gasteiger partial charge in [-0.05, 0) is 42.0 Å². The highest BCUT2D eigenvalue weighted by atomic mass is 35.5. The summed E-state index contributed by atoms with van der Waals surface area (Å²) in [7, 11) is -4.05. The molecule has 0 aliphatic rings. The topological polar surface area (TPSA) is 97.5 Å². The molecule has 2 aromatic carbocycles. The predicted molar refractivity (Wildman–Crippen MR) is 92.0 cm³/mol. The summed E-state index contributed by atoms with van der Waals surface area (Å²) in [6.45, 7) is 0. The quantitative estimate of drug-likeness (QED) is 0.570. The second kappa shape index (κ2) is 8.98. The van der Waals surface area contributed by atoms with E-state index >= 15 is 0 Å². The van der Waals surface area contributed by atoms with E-state index in [1.165, 1.54) is 6.08 Å². The van der Waals surface area contributed by atoms with Crippen molar-refractivity contribution in [1.29, 1.82) is 0 Å². The lowest BCUT2D eigenvalue weighted by Crippen LogP contribution is -2.18. The van der Waals surface area contributed by atoms with Gasteiger partial charge in [0, 0.05) is 5.02 Å². The third-order valence-corrected chi connectivity index (χ3v) is 3.59. The molecule has 0 aliphatic carbocycles. The molecule has 2 rings (SSSR count). The van der Waals surface area contributed by atoms with Crippen LogP contribution in [0.1, 0.15) is 21.5 Å². The first kappa shape index (κ1) is 22.6. The SMILES string of the molecule is NC(=O)c1ccc(F)cc1C(F)(F)F.O=S(=O)(O)C=Cc1ccc(Cl)cc1. The molecule has 0 unspecified atom stereocenters. The standard InChI is InChI=1S/C8H7ClO3S.C8H5F4NO/c9-8-3-1-7(2-4-8)5-6-13(10,11)12;9-4-1-2-5(7(13)14)6(3-4)8(10,11)12/h1-6H,(H,10,11,12);1-3H,(H2,13,14). The summed E-state index contributed by atoms with van der Waals surface area (Å²) in [5, 5.41) is 1.29. The molecule has 5 nitrogen and oxygen atoms in total. The average molecular weight is 426 g/mol. The van der Waals surface area contributed by atoms with E-state index in [9.17, 15) is 30.8 Å². The first-order valence-electron chi connectivity index (χ1n) is 6.87. The number of hydrogen-bond donors (Lipinski definition) is 2. The van der Waals surface area contributed by atoms with Crippen molar-refractivity contribution >= 4 is 33.7 Å². The van der Waals surface area contributed by atoms with Crippen LogP contribution >= 0.6 is 11.6 Å². The number of amides is 1. The molecule has 0 atom stereocenters. The lowest BCUT2D eigenvalue weighted by Gasteiger charge is -2.09. The maximum Gasteiger partial charge on any atom is 0.417 e. The molecule has 2 aromatic rings. The first-order valence-corrected chi connectivity index (χ1v) is 8.75. The van der Waals surface area contributed by atoms with E-state index in [-0.39, 0.29) is 6.07 Å². The van der Waals surface area contributed by atoms with Crippen molar-refractivity contribution in [1.82, 2.24) is 0 Å². The van der Waals surface area contributed by atoms with Gasteiger partial charge in [-0.15, -0.1) is 0 Å². The molecule has 3 N–H and O–H groups in total. The smallest absolute Gasteiger partial charge is 0.366 e. The molecule has 0 aliphatic heterocycles. The van der Waals surface area contributed by atoms with Crippen LogP contribution in [0.15, 0.2) is 47.9 Å². The lowest BCUT2D eigenvalue weighted by molar-refractivity contribution is -0.138. The van der Waals surface area contributed by atoms with Crippen molar-refractivity contribution in [2.75, 3.05) is 0 Å². The minimum atomic E-state index is -4.79. The molecular weight excluding hydrogens is 414 g/mol. The molecule has 0 radical (unpaired) electrons. The van der Waals surface area contributed by atoms with E-state index in [2.05, 4.69) is 0 Å². The zero-order valence-corrected chi connectivity index (χ0v) is 14.8. The van der Waals surface area contributed by atoms with Crippen molar-refractivity contribution in [2.24, 2.45) is 5.73 Å². The highest BCUT2D eigenvalue weighted by molar-refractivity contribution is 7.88. The Hall–Kier alpha value is -2.43. The van der Waals surface area contributed by atoms with Gasteiger partial charge >= 0.3 is 6.18 Å². The largest absolute Gasteiger partial charge is 0.417 e. The van der Waals surface area contributed by atoms with E-state index in [0.717, 1.165) is 11.5 Å². The van der Waals surface area contributed by atoms with E-state index in [4.69, 9.17) is 21.9 Å². The fourth-order valence-corrected chi connectivity index (χ4v) is 2.16. The molecule has 0 heterocycles. The summed E-state index contributed by atoms with van der Waals surface area (Å²) in [6, 6.07) is 8.24. The number of alkyl halides is 3. The van der Waals surface area contributed by atoms with Gasteiger partial charge in [-0.2, -0.15) is 21.6 Å². The van der Waals surface area contributed by atoms with Crippen LogP contribution in [0.3, 0.4) is 0 Å². The van der Waals surface area contributed by atoms with Gasteiger partial charge in [0.1, 0.15) is 5.82 Å². The van der Waals surface area contributed by atoms with Gasteiger partial charge in [0.2, 0.25) is 5.91 Å². The fourth-order valence-electron chi connectivity index (χ4n) is 1.70. The van der Waals surface area contributed by atoms with Gasteiger partial charge in [-0.1, -0.05) is 23.7 Å². The Bertz CT molecular complexity index is 942. The summed E-state index contributed by atoms with van der Waals surface area (Å²) in [5.41, 5.74) is 3.26. The van der Waals surface area contributed by atoms with Crippen LogP contribution in [-0.4, -0.2) is 18.9 Å². The highest BCUT2D eigenvalue weighted by Gasteiger charge is 2.35. The summed E-state index contributed by atoms with van der Waals surface area (Å²) >= 11 is 5.61. The molecular formula is C16H12ClF4NO4S. The molecule has 0 saturated heterocycles. The molecule has 0 aromatic heterocycles. The van der Waals surface area contributed by atoms with Crippen LogP contribution in [-0.2, 0) is 16.3 Å². The number of carbonyl (C=O) groups is 1. The molecule has 0 bridgehead atoms. The Balaban J connectivity index is 0.000000271. The Kier molecular flexibility index (Phi) is 7.52. The second-order valence-corrected chi connectivity index (χ2v) is 6.66. The van der Waals surface area contributed by atoms with Crippen molar-refractivity contribution in [3.8, 4) is 0 Å². The van der Waals surface area contributed by atoms with Crippen LogP contribution in [0.4, 0.5) is 17.6 Å². The van der Waals surface area contributed by atoms with E-state index in [0.29, 0.717) is 16.7 Å². The maximum atomic E-state index is 12.5. The number of hydrogen-bond acceptors (Lipinski definition) is 3. The molecule has 0 fully saturated rings. The summed E-state index contributed by atoms with van der Waals surface area (Å²) in [5.74, 6) is -2.31. The fraction of sp³-hybridized carbons (Fsp3) is 0.0625. The first-order chi connectivity index (χ1) is 12.3. The van der Waals surface area contributed by atoms with Crippen LogP contribution in [0.25, 0.3) is 6.08 Å². The molecule has 0 saturated carbocycles. The molecule has 11 heteroatoms. The van der Waals surface area contributed by atoms with Gasteiger partial charge in [-0.25, -0.2) is 4.39 Å². The van der Waals surface area contributed by atoms with Crippen LogP contribution in [0.5, 0.6) is 0 Å². The van der Waals surface area contributed by atoms with Gasteiger partial charge in [-0.3, -0.25) is 9.35 Å². The normalized spacial score (nSPS) is 11.8. The Morgan fingerprint density at radius 3 is 2.11 bits per heavy atom. The minimum absolute atomic E-state index is 0.236. The van der Waals surface area contributed by atoms with Crippen molar-refractivity contribution in [2.45, 2.75) is 6.18 Å². The Labute approximate surface area is 156 Å². The third-order valence-electron chi connectivity index (χ3n) is 2.85. The number of carbonyl (C=O) groups excluding carboxylic acids is 1. The molecule has 1 amide bonds. The summed E-state index contributed by atoms with van der Waals surface area (Å²) in [4.78, 5) is 10.6. The highest BCUT2D eigenvalue weighted by Crippen LogP contribution is 2.32. The third kappa shape index (κ3) is 8.20. The number of rotatable bonds is 3. The van der Waals surface area contributed by atoms with Gasteiger partial charge in [0.25, 0.3) is 10.1 Å². The van der Waals surface area contributed by atoms with Gasteiger partial charge < -0.3 is 5.73 Å². The van der Waals surface area contributed by atoms with Gasteiger partial charge in [0.15, 0.2) is 0 Å². The van der Waals surface area contributed by atoms with Crippen LogP contribution in [0, 0.1) is 5.82 Å². The van der Waals surface area contributed by atoms with E-state index in [1.807, 2.05) is 0 Å². The molecule has 27 heavy (non-hydrogen) atoms. The Morgan fingerprint density at radius 1 is 1.11 bits per heavy atom. The number of primary amides is 1. The molecule has 146 valence electrons. The van der Waals surface area contributed by atoms with Crippen molar-refractivity contribution in [3.05, 3.63) is 75.4 Å². The van der Waals surface area contributed by atoms with Gasteiger partial charge in [0.05, 0.1) is 16.5 Å². The zero-order chi connectivity index (χ0) is 20.8. The Morgan fingerprint density at radius 2 is 1.67 bits per heavy atom. The summed E-state index contributed by atoms with van der Waals surface area (Å²) in [6.07, 6.45) is -3.50. The summed E-state index contributed by atoms with van der Waals surface area (Å²) < 4.78 is 78.2. The zero-order valence-electron chi connectivity index (χ0n) is 13.2. The number of benzene rings is 2. The average Bonchev–Trinajstić information content (AvgIpc) is 2.53. The lowest BCUT2D eigenvalue weighted by atomic mass is 10.1. The van der Waals surface area contributed by atoms with Crippen molar-refractivity contribution < 1.29 is 35.3 Å². The maximum absolute atomic E-state index is 12.5. The van der Waals surface area contributed by atoms with Crippen LogP contribution in [0.2, 0.25) is 5.02 Å². The monoisotopic (exact) mass is 425 g/mol. The van der Waals surface area contributed by atoms with Crippen LogP contribution < -0.4 is 5.73 Å². The minimum Gasteiger partial charge on any atom is -0.366 e. The van der Waals surface area contributed by atoms with E-state index < -0.39 is 39.1 Å². The number of nitrogens with two attached hydrogens (primary N) is 1. The van der Waals surface area contributed by atoms with Crippen molar-refractivity contribution in [3.63, 3.8) is 0 Å². The predicted octanol–water partition coefficient (Wildman–Crippen LogP) is 4.14. The number of halogens is 5.